The first-order chi connectivity index (χ1) is 15.6. The third kappa shape index (κ3) is 7.60. The second-order valence-electron chi connectivity index (χ2n) is 7.19. The topological polar surface area (TPSA) is 65.0 Å². The lowest BCUT2D eigenvalue weighted by atomic mass is 10.1. The molecule has 0 radical (unpaired) electrons. The van der Waals surface area contributed by atoms with Gasteiger partial charge in [-0.1, -0.05) is 60.7 Å². The van der Waals surface area contributed by atoms with Crippen molar-refractivity contribution in [1.82, 2.24) is 0 Å². The summed E-state index contributed by atoms with van der Waals surface area (Å²) in [6.07, 6.45) is 3.44. The Morgan fingerprint density at radius 1 is 0.875 bits per heavy atom. The number of benzene rings is 3. The summed E-state index contributed by atoms with van der Waals surface area (Å²) < 4.78 is 16.8. The van der Waals surface area contributed by atoms with Crippen LogP contribution in [-0.4, -0.2) is 30.4 Å². The molecule has 0 fully saturated rings. The minimum absolute atomic E-state index is 0.328. The van der Waals surface area contributed by atoms with Gasteiger partial charge in [0, 0.05) is 13.0 Å². The maximum Gasteiger partial charge on any atom is 0.333 e. The van der Waals surface area contributed by atoms with E-state index < -0.39 is 12.1 Å². The number of hydrogen-bond donors (Lipinski definition) is 1. The highest BCUT2D eigenvalue weighted by Gasteiger charge is 2.17. The smallest absolute Gasteiger partial charge is 0.333 e. The third-order valence-electron chi connectivity index (χ3n) is 4.77. The van der Waals surface area contributed by atoms with Gasteiger partial charge in [-0.3, -0.25) is 0 Å². The van der Waals surface area contributed by atoms with Crippen molar-refractivity contribution in [3.8, 4) is 11.5 Å². The maximum atomic E-state index is 11.2. The molecule has 5 heteroatoms. The first-order valence-electron chi connectivity index (χ1n) is 10.6. The SMILES string of the molecule is CCO[C@@H](Cc1ccc(OC/C=C/c2ccc(OCc3ccccc3)cc2)cc1)C(=O)O. The highest BCUT2D eigenvalue weighted by molar-refractivity contribution is 5.72. The predicted molar refractivity (Wildman–Crippen MR) is 125 cm³/mol. The Kier molecular flexibility index (Phi) is 8.90. The minimum atomic E-state index is -0.951. The highest BCUT2D eigenvalue weighted by atomic mass is 16.5. The lowest BCUT2D eigenvalue weighted by molar-refractivity contribution is -0.149. The van der Waals surface area contributed by atoms with E-state index in [9.17, 15) is 9.90 Å². The normalized spacial score (nSPS) is 11.9. The number of hydrogen-bond acceptors (Lipinski definition) is 4. The molecule has 0 bridgehead atoms. The number of carbonyl (C=O) groups is 1. The van der Waals surface area contributed by atoms with E-state index in [1.165, 1.54) is 0 Å². The minimum Gasteiger partial charge on any atom is -0.490 e. The molecule has 5 nitrogen and oxygen atoms in total. The summed E-state index contributed by atoms with van der Waals surface area (Å²) in [6, 6.07) is 25.4. The number of aliphatic carboxylic acids is 1. The first-order valence-corrected chi connectivity index (χ1v) is 10.6. The molecule has 0 aliphatic carbocycles. The summed E-state index contributed by atoms with van der Waals surface area (Å²) in [7, 11) is 0. The molecule has 0 aliphatic heterocycles. The van der Waals surface area contributed by atoms with E-state index in [1.54, 1.807) is 6.92 Å². The van der Waals surface area contributed by atoms with E-state index in [1.807, 2.05) is 91.0 Å². The Bertz CT molecular complexity index is 979. The number of ether oxygens (including phenoxy) is 3. The molecule has 0 heterocycles. The van der Waals surface area contributed by atoms with Crippen molar-refractivity contribution >= 4 is 12.0 Å². The Morgan fingerprint density at radius 3 is 2.19 bits per heavy atom. The van der Waals surface area contributed by atoms with E-state index in [0.717, 1.165) is 28.2 Å². The molecule has 166 valence electrons. The number of carboxylic acid groups (broad SMARTS) is 1. The molecule has 1 N–H and O–H groups in total. The average Bonchev–Trinajstić information content (AvgIpc) is 2.82. The van der Waals surface area contributed by atoms with Gasteiger partial charge < -0.3 is 19.3 Å². The molecule has 0 spiro atoms. The van der Waals surface area contributed by atoms with E-state index in [-0.39, 0.29) is 0 Å². The van der Waals surface area contributed by atoms with Gasteiger partial charge in [-0.2, -0.15) is 0 Å². The highest BCUT2D eigenvalue weighted by Crippen LogP contribution is 2.16. The summed E-state index contributed by atoms with van der Waals surface area (Å²) in [5, 5.41) is 9.18. The summed E-state index contributed by atoms with van der Waals surface area (Å²) in [5.41, 5.74) is 3.09. The molecule has 3 aromatic carbocycles. The van der Waals surface area contributed by atoms with Crippen LogP contribution in [0.2, 0.25) is 0 Å². The van der Waals surface area contributed by atoms with Crippen LogP contribution in [0.1, 0.15) is 23.6 Å². The van der Waals surface area contributed by atoms with Crippen molar-refractivity contribution < 1.29 is 24.1 Å². The van der Waals surface area contributed by atoms with Crippen LogP contribution >= 0.6 is 0 Å². The summed E-state index contributed by atoms with van der Waals surface area (Å²) in [5.74, 6) is 0.608. The molecule has 0 saturated carbocycles. The standard InChI is InChI=1S/C27H28O5/c1-2-30-26(27(28)29)19-22-12-16-24(17-13-22)31-18-6-9-21-10-14-25(15-11-21)32-20-23-7-4-3-5-8-23/h3-17,26H,2,18-20H2,1H3,(H,28,29)/b9-6+/t26-/m0/s1. The van der Waals surface area contributed by atoms with Crippen molar-refractivity contribution in [3.05, 3.63) is 102 Å². The maximum absolute atomic E-state index is 11.2. The number of rotatable bonds is 12. The van der Waals surface area contributed by atoms with E-state index in [0.29, 0.717) is 26.2 Å². The van der Waals surface area contributed by atoms with Gasteiger partial charge in [0.15, 0.2) is 6.10 Å². The van der Waals surface area contributed by atoms with E-state index in [2.05, 4.69) is 0 Å². The summed E-state index contributed by atoms with van der Waals surface area (Å²) in [4.78, 5) is 11.2. The fraction of sp³-hybridized carbons (Fsp3) is 0.222. The van der Waals surface area contributed by atoms with Crippen LogP contribution in [0.25, 0.3) is 6.08 Å². The molecule has 0 saturated heterocycles. The van der Waals surface area contributed by atoms with Crippen LogP contribution in [-0.2, 0) is 22.6 Å². The Morgan fingerprint density at radius 2 is 1.53 bits per heavy atom. The third-order valence-corrected chi connectivity index (χ3v) is 4.77. The van der Waals surface area contributed by atoms with Gasteiger partial charge >= 0.3 is 5.97 Å². The zero-order chi connectivity index (χ0) is 22.6. The van der Waals surface area contributed by atoms with Crippen LogP contribution in [0, 0.1) is 0 Å². The van der Waals surface area contributed by atoms with Gasteiger partial charge in [0.1, 0.15) is 24.7 Å². The first kappa shape index (κ1) is 23.1. The average molecular weight is 433 g/mol. The van der Waals surface area contributed by atoms with Crippen molar-refractivity contribution in [2.45, 2.75) is 26.1 Å². The second-order valence-corrected chi connectivity index (χ2v) is 7.19. The molecule has 32 heavy (non-hydrogen) atoms. The van der Waals surface area contributed by atoms with Gasteiger partial charge in [-0.15, -0.1) is 0 Å². The Hall–Kier alpha value is -3.57. The fourth-order valence-electron chi connectivity index (χ4n) is 3.10. The molecule has 0 unspecified atom stereocenters. The van der Waals surface area contributed by atoms with Gasteiger partial charge in [-0.05, 0) is 54.0 Å². The molecule has 3 aromatic rings. The van der Waals surface area contributed by atoms with Crippen LogP contribution in [0.3, 0.4) is 0 Å². The van der Waals surface area contributed by atoms with E-state index in [4.69, 9.17) is 14.2 Å². The van der Waals surface area contributed by atoms with Gasteiger partial charge in [-0.25, -0.2) is 4.79 Å². The van der Waals surface area contributed by atoms with Crippen molar-refractivity contribution in [1.29, 1.82) is 0 Å². The van der Waals surface area contributed by atoms with Gasteiger partial charge in [0.05, 0.1) is 0 Å². The molecule has 1 atom stereocenters. The van der Waals surface area contributed by atoms with Crippen LogP contribution < -0.4 is 9.47 Å². The van der Waals surface area contributed by atoms with Crippen LogP contribution in [0.5, 0.6) is 11.5 Å². The predicted octanol–water partition coefficient (Wildman–Crippen LogP) is 5.39. The van der Waals surface area contributed by atoms with Crippen molar-refractivity contribution in [2.24, 2.45) is 0 Å². The number of carboxylic acids is 1. The monoisotopic (exact) mass is 432 g/mol. The lowest BCUT2D eigenvalue weighted by Crippen LogP contribution is -2.26. The van der Waals surface area contributed by atoms with Crippen LogP contribution in [0.4, 0.5) is 0 Å². The van der Waals surface area contributed by atoms with Crippen molar-refractivity contribution in [2.75, 3.05) is 13.2 Å². The van der Waals surface area contributed by atoms with Gasteiger partial charge in [0.2, 0.25) is 0 Å². The lowest BCUT2D eigenvalue weighted by Gasteiger charge is -2.12. The van der Waals surface area contributed by atoms with Crippen molar-refractivity contribution in [3.63, 3.8) is 0 Å². The van der Waals surface area contributed by atoms with E-state index >= 15 is 0 Å². The largest absolute Gasteiger partial charge is 0.490 e. The Labute approximate surface area is 188 Å². The zero-order valence-corrected chi connectivity index (χ0v) is 18.1. The molecular weight excluding hydrogens is 404 g/mol. The quantitative estimate of drug-likeness (QED) is 0.416. The van der Waals surface area contributed by atoms with Crippen LogP contribution in [0.15, 0.2) is 84.9 Å². The summed E-state index contributed by atoms with van der Waals surface area (Å²) >= 11 is 0. The molecule has 0 amide bonds. The molecular formula is C27H28O5. The molecule has 3 rings (SSSR count). The van der Waals surface area contributed by atoms with Gasteiger partial charge in [0.25, 0.3) is 0 Å². The second kappa shape index (κ2) is 12.3. The zero-order valence-electron chi connectivity index (χ0n) is 18.1. The molecule has 0 aromatic heterocycles. The molecule has 0 aliphatic rings. The Balaban J connectivity index is 1.42. The fourth-order valence-corrected chi connectivity index (χ4v) is 3.10. The summed E-state index contributed by atoms with van der Waals surface area (Å²) in [6.45, 7) is 3.13.